The number of likely N-dealkylation sites (tertiary alicyclic amines) is 1. The second kappa shape index (κ2) is 8.53. The van der Waals surface area contributed by atoms with E-state index in [9.17, 15) is 9.59 Å². The lowest BCUT2D eigenvalue weighted by Crippen LogP contribution is -2.61. The molecule has 0 saturated carbocycles. The van der Waals surface area contributed by atoms with Gasteiger partial charge in [0, 0.05) is 37.7 Å². The van der Waals surface area contributed by atoms with Gasteiger partial charge in [-0.1, -0.05) is 60.1 Å². The van der Waals surface area contributed by atoms with Crippen molar-refractivity contribution < 1.29 is 14.3 Å². The monoisotopic (exact) mass is 413 g/mol. The van der Waals surface area contributed by atoms with Crippen LogP contribution in [0.25, 0.3) is 0 Å². The number of hydrogen-bond acceptors (Lipinski definition) is 4. The Morgan fingerprint density at radius 3 is 2.72 bits per heavy atom. The number of rotatable bonds is 5. The van der Waals surface area contributed by atoms with Crippen LogP contribution in [0.1, 0.15) is 11.1 Å². The third-order valence-electron chi connectivity index (χ3n) is 5.57. The normalized spacial score (nSPS) is 24.4. The first-order valence-corrected chi connectivity index (χ1v) is 10.2. The maximum Gasteiger partial charge on any atom is 0.254 e. The van der Waals surface area contributed by atoms with Crippen molar-refractivity contribution in [2.45, 2.75) is 18.7 Å². The topological polar surface area (TPSA) is 70.7 Å². The lowest BCUT2D eigenvalue weighted by molar-refractivity contribution is -0.163. The number of amides is 2. The SMILES string of the molecule is O=C(NCc1ccccc1Cl)C1CN(Cc2ccccc2)CC12OCCNC2=O. The van der Waals surface area contributed by atoms with E-state index in [0.717, 1.165) is 11.1 Å². The van der Waals surface area contributed by atoms with Crippen molar-refractivity contribution >= 4 is 23.4 Å². The van der Waals surface area contributed by atoms with E-state index in [1.54, 1.807) is 6.07 Å². The predicted octanol–water partition coefficient (Wildman–Crippen LogP) is 1.97. The lowest BCUT2D eigenvalue weighted by Gasteiger charge is -2.36. The van der Waals surface area contributed by atoms with Gasteiger partial charge in [-0.15, -0.1) is 0 Å². The van der Waals surface area contributed by atoms with E-state index in [0.29, 0.717) is 44.4 Å². The molecule has 2 saturated heterocycles. The molecule has 2 aromatic rings. The van der Waals surface area contributed by atoms with Crippen molar-refractivity contribution in [3.63, 3.8) is 0 Å². The van der Waals surface area contributed by atoms with Crippen LogP contribution < -0.4 is 10.6 Å². The zero-order valence-corrected chi connectivity index (χ0v) is 16.8. The molecule has 0 aliphatic carbocycles. The molecule has 4 rings (SSSR count). The summed E-state index contributed by atoms with van der Waals surface area (Å²) in [4.78, 5) is 28.0. The van der Waals surface area contributed by atoms with Crippen molar-refractivity contribution in [2.75, 3.05) is 26.2 Å². The molecule has 2 aliphatic heterocycles. The van der Waals surface area contributed by atoms with E-state index < -0.39 is 11.5 Å². The van der Waals surface area contributed by atoms with E-state index in [-0.39, 0.29) is 11.8 Å². The van der Waals surface area contributed by atoms with Crippen LogP contribution in [0, 0.1) is 5.92 Å². The molecule has 0 radical (unpaired) electrons. The van der Waals surface area contributed by atoms with Gasteiger partial charge in [0.25, 0.3) is 5.91 Å². The van der Waals surface area contributed by atoms with Gasteiger partial charge in [-0.2, -0.15) is 0 Å². The van der Waals surface area contributed by atoms with Crippen molar-refractivity contribution in [2.24, 2.45) is 5.92 Å². The minimum atomic E-state index is -1.16. The highest BCUT2D eigenvalue weighted by atomic mass is 35.5. The van der Waals surface area contributed by atoms with E-state index in [1.165, 1.54) is 0 Å². The van der Waals surface area contributed by atoms with E-state index in [4.69, 9.17) is 16.3 Å². The Kier molecular flexibility index (Phi) is 5.85. The molecular weight excluding hydrogens is 390 g/mol. The average molecular weight is 414 g/mol. The van der Waals surface area contributed by atoms with Gasteiger partial charge in [0.2, 0.25) is 5.91 Å². The number of carbonyl (C=O) groups excluding carboxylic acids is 2. The van der Waals surface area contributed by atoms with Gasteiger partial charge in [-0.3, -0.25) is 14.5 Å². The maximum absolute atomic E-state index is 13.1. The Morgan fingerprint density at radius 2 is 1.97 bits per heavy atom. The fourth-order valence-electron chi connectivity index (χ4n) is 4.11. The summed E-state index contributed by atoms with van der Waals surface area (Å²) in [6.45, 7) is 2.68. The molecule has 2 fully saturated rings. The zero-order valence-electron chi connectivity index (χ0n) is 16.1. The van der Waals surface area contributed by atoms with Gasteiger partial charge < -0.3 is 15.4 Å². The van der Waals surface area contributed by atoms with Gasteiger partial charge in [-0.25, -0.2) is 0 Å². The second-order valence-corrected chi connectivity index (χ2v) is 7.92. The van der Waals surface area contributed by atoms with Crippen molar-refractivity contribution in [3.8, 4) is 0 Å². The van der Waals surface area contributed by atoms with E-state index >= 15 is 0 Å². The molecule has 2 unspecified atom stereocenters. The first-order valence-electron chi connectivity index (χ1n) is 9.78. The van der Waals surface area contributed by atoms with Crippen molar-refractivity contribution in [1.29, 1.82) is 0 Å². The maximum atomic E-state index is 13.1. The summed E-state index contributed by atoms with van der Waals surface area (Å²) >= 11 is 6.20. The number of carbonyl (C=O) groups is 2. The van der Waals surface area contributed by atoms with Crippen LogP contribution in [0.15, 0.2) is 54.6 Å². The Bertz CT molecular complexity index is 892. The molecule has 2 N–H and O–H groups in total. The highest BCUT2D eigenvalue weighted by molar-refractivity contribution is 6.31. The zero-order chi connectivity index (χ0) is 20.3. The molecule has 0 bridgehead atoms. The predicted molar refractivity (Wildman–Crippen MR) is 110 cm³/mol. The molecule has 2 amide bonds. The molecular formula is C22H24ClN3O3. The number of nitrogens with one attached hydrogen (secondary N) is 2. The van der Waals surface area contributed by atoms with Crippen LogP contribution in [0.2, 0.25) is 5.02 Å². The smallest absolute Gasteiger partial charge is 0.254 e. The fraction of sp³-hybridized carbons (Fsp3) is 0.364. The molecule has 6 nitrogen and oxygen atoms in total. The molecule has 0 aromatic heterocycles. The number of ether oxygens (including phenoxy) is 1. The largest absolute Gasteiger partial charge is 0.361 e. The highest BCUT2D eigenvalue weighted by Gasteiger charge is 2.57. The Labute approximate surface area is 175 Å². The number of nitrogens with zero attached hydrogens (tertiary/aromatic N) is 1. The van der Waals surface area contributed by atoms with Crippen LogP contribution >= 0.6 is 11.6 Å². The minimum absolute atomic E-state index is 0.197. The van der Waals surface area contributed by atoms with Crippen LogP contribution in [0.4, 0.5) is 0 Å². The van der Waals surface area contributed by atoms with Crippen LogP contribution in [0.3, 0.4) is 0 Å². The average Bonchev–Trinajstić information content (AvgIpc) is 3.09. The first kappa shape index (κ1) is 19.9. The highest BCUT2D eigenvalue weighted by Crippen LogP contribution is 2.34. The summed E-state index contributed by atoms with van der Waals surface area (Å²) < 4.78 is 5.98. The van der Waals surface area contributed by atoms with Gasteiger partial charge in [0.05, 0.1) is 12.5 Å². The summed E-state index contributed by atoms with van der Waals surface area (Å²) in [6.07, 6.45) is 0. The van der Waals surface area contributed by atoms with E-state index in [2.05, 4.69) is 15.5 Å². The molecule has 29 heavy (non-hydrogen) atoms. The summed E-state index contributed by atoms with van der Waals surface area (Å²) in [5.74, 6) is -0.997. The van der Waals surface area contributed by atoms with Gasteiger partial charge in [0.15, 0.2) is 5.60 Å². The summed E-state index contributed by atoms with van der Waals surface area (Å²) in [5, 5.41) is 6.43. The number of benzene rings is 2. The lowest BCUT2D eigenvalue weighted by atomic mass is 9.87. The van der Waals surface area contributed by atoms with Crippen LogP contribution in [-0.2, 0) is 27.4 Å². The third kappa shape index (κ3) is 4.15. The number of halogens is 1. The Balaban J connectivity index is 1.51. The van der Waals surface area contributed by atoms with Crippen LogP contribution in [-0.4, -0.2) is 48.6 Å². The van der Waals surface area contributed by atoms with Crippen LogP contribution in [0.5, 0.6) is 0 Å². The van der Waals surface area contributed by atoms with Gasteiger partial charge in [0.1, 0.15) is 0 Å². The van der Waals surface area contributed by atoms with E-state index in [1.807, 2.05) is 48.5 Å². The third-order valence-corrected chi connectivity index (χ3v) is 5.94. The fourth-order valence-corrected chi connectivity index (χ4v) is 4.31. The molecule has 7 heteroatoms. The number of hydrogen-bond donors (Lipinski definition) is 2. The minimum Gasteiger partial charge on any atom is -0.361 e. The molecule has 2 atom stereocenters. The van der Waals surface area contributed by atoms with Crippen molar-refractivity contribution in [3.05, 3.63) is 70.7 Å². The first-order chi connectivity index (χ1) is 14.1. The van der Waals surface area contributed by atoms with Crippen molar-refractivity contribution in [1.82, 2.24) is 15.5 Å². The molecule has 152 valence electrons. The summed E-state index contributed by atoms with van der Waals surface area (Å²) in [6, 6.07) is 17.4. The summed E-state index contributed by atoms with van der Waals surface area (Å²) in [5.41, 5.74) is 0.818. The Morgan fingerprint density at radius 1 is 1.21 bits per heavy atom. The quantitative estimate of drug-likeness (QED) is 0.786. The van der Waals surface area contributed by atoms with Gasteiger partial charge >= 0.3 is 0 Å². The second-order valence-electron chi connectivity index (χ2n) is 7.51. The molecule has 2 heterocycles. The molecule has 2 aliphatic rings. The Hall–Kier alpha value is -2.41. The molecule has 1 spiro atoms. The number of morpholine rings is 1. The molecule has 2 aromatic carbocycles. The standard InChI is InChI=1S/C22H24ClN3O3/c23-19-9-5-4-8-17(19)12-25-20(27)18-14-26(13-16-6-2-1-3-7-16)15-22(18)21(28)24-10-11-29-22/h1-9,18H,10-15H2,(H,24,28)(H,25,27). The van der Waals surface area contributed by atoms with Gasteiger partial charge in [-0.05, 0) is 17.2 Å². The summed E-state index contributed by atoms with van der Waals surface area (Å²) in [7, 11) is 0.